The molecule has 0 saturated heterocycles. The second kappa shape index (κ2) is 5.32. The maximum atomic E-state index is 13.7. The third-order valence-corrected chi connectivity index (χ3v) is 2.70. The summed E-state index contributed by atoms with van der Waals surface area (Å²) < 4.78 is 24.2. The van der Waals surface area contributed by atoms with Gasteiger partial charge < -0.3 is 14.8 Å². The molecule has 0 radical (unpaired) electrons. The van der Waals surface area contributed by atoms with E-state index in [9.17, 15) is 4.39 Å². The van der Waals surface area contributed by atoms with Crippen LogP contribution in [0.5, 0.6) is 11.5 Å². The molecule has 1 rings (SSSR count). The first-order valence-corrected chi connectivity index (χ1v) is 5.18. The van der Waals surface area contributed by atoms with Crippen LogP contribution in [0, 0.1) is 5.82 Å². The highest BCUT2D eigenvalue weighted by atomic mass is 79.9. The lowest BCUT2D eigenvalue weighted by molar-refractivity contribution is 0.349. The highest BCUT2D eigenvalue weighted by molar-refractivity contribution is 9.10. The maximum absolute atomic E-state index is 13.7. The Labute approximate surface area is 96.7 Å². The van der Waals surface area contributed by atoms with Crippen LogP contribution < -0.4 is 14.8 Å². The Morgan fingerprint density at radius 2 is 2.07 bits per heavy atom. The summed E-state index contributed by atoms with van der Waals surface area (Å²) in [7, 11) is 4.75. The zero-order valence-electron chi connectivity index (χ0n) is 8.86. The Hall–Kier alpha value is -0.810. The quantitative estimate of drug-likeness (QED) is 0.916. The van der Waals surface area contributed by atoms with Gasteiger partial charge in [0.1, 0.15) is 5.82 Å². The average Bonchev–Trinajstić information content (AvgIpc) is 2.24. The van der Waals surface area contributed by atoms with Crippen molar-refractivity contribution in [2.75, 3.05) is 21.3 Å². The first-order valence-electron chi connectivity index (χ1n) is 4.39. The van der Waals surface area contributed by atoms with Crippen molar-refractivity contribution in [3.63, 3.8) is 0 Å². The minimum atomic E-state index is -0.331. The van der Waals surface area contributed by atoms with Gasteiger partial charge in [0.05, 0.1) is 18.7 Å². The van der Waals surface area contributed by atoms with Gasteiger partial charge in [-0.2, -0.15) is 0 Å². The van der Waals surface area contributed by atoms with Gasteiger partial charge in [-0.15, -0.1) is 0 Å². The van der Waals surface area contributed by atoms with Gasteiger partial charge in [-0.3, -0.25) is 0 Å². The highest BCUT2D eigenvalue weighted by Crippen LogP contribution is 2.38. The molecule has 0 aliphatic carbocycles. The average molecular weight is 278 g/mol. The van der Waals surface area contributed by atoms with Gasteiger partial charge in [0.2, 0.25) is 0 Å². The van der Waals surface area contributed by atoms with Crippen LogP contribution in [0.15, 0.2) is 10.5 Å². The maximum Gasteiger partial charge on any atom is 0.177 e. The molecule has 0 aromatic heterocycles. The Morgan fingerprint density at radius 1 is 1.40 bits per heavy atom. The number of benzene rings is 1. The van der Waals surface area contributed by atoms with Crippen LogP contribution in [0.2, 0.25) is 0 Å². The van der Waals surface area contributed by atoms with E-state index in [-0.39, 0.29) is 10.3 Å². The minimum Gasteiger partial charge on any atom is -0.493 e. The second-order valence-electron chi connectivity index (χ2n) is 2.93. The van der Waals surface area contributed by atoms with Crippen LogP contribution in [-0.4, -0.2) is 21.3 Å². The third kappa shape index (κ3) is 2.41. The van der Waals surface area contributed by atoms with E-state index in [1.165, 1.54) is 14.2 Å². The summed E-state index contributed by atoms with van der Waals surface area (Å²) in [6, 6.07) is 1.62. The number of hydrogen-bond donors (Lipinski definition) is 1. The molecule has 0 saturated carbocycles. The molecule has 0 heterocycles. The molecule has 0 aliphatic rings. The van der Waals surface area contributed by atoms with E-state index < -0.39 is 0 Å². The first kappa shape index (κ1) is 12.3. The van der Waals surface area contributed by atoms with Gasteiger partial charge in [-0.1, -0.05) is 0 Å². The van der Waals surface area contributed by atoms with Crippen molar-refractivity contribution in [2.45, 2.75) is 6.54 Å². The molecular weight excluding hydrogens is 265 g/mol. The van der Waals surface area contributed by atoms with Crippen LogP contribution >= 0.6 is 15.9 Å². The van der Waals surface area contributed by atoms with E-state index >= 15 is 0 Å². The molecule has 0 spiro atoms. The largest absolute Gasteiger partial charge is 0.493 e. The molecule has 0 fully saturated rings. The van der Waals surface area contributed by atoms with E-state index in [0.717, 1.165) is 0 Å². The van der Waals surface area contributed by atoms with E-state index in [0.29, 0.717) is 23.6 Å². The molecule has 0 bridgehead atoms. The molecule has 84 valence electrons. The summed E-state index contributed by atoms with van der Waals surface area (Å²) >= 11 is 3.15. The van der Waals surface area contributed by atoms with Crippen molar-refractivity contribution >= 4 is 15.9 Å². The number of methoxy groups -OCH3 is 2. The molecule has 1 N–H and O–H groups in total. The summed E-state index contributed by atoms with van der Waals surface area (Å²) in [6.45, 7) is 0.435. The summed E-state index contributed by atoms with van der Waals surface area (Å²) in [6.07, 6.45) is 0. The molecule has 0 amide bonds. The number of rotatable bonds is 4. The lowest BCUT2D eigenvalue weighted by atomic mass is 10.2. The van der Waals surface area contributed by atoms with Gasteiger partial charge in [0, 0.05) is 12.1 Å². The standard InChI is InChI=1S/C10H13BrFNO2/c1-13-5-6-4-7(14-2)10(15-3)8(11)9(6)12/h4,13H,5H2,1-3H3. The van der Waals surface area contributed by atoms with Gasteiger partial charge in [-0.05, 0) is 29.0 Å². The Bertz CT molecular complexity index is 358. The Kier molecular flexibility index (Phi) is 4.35. The van der Waals surface area contributed by atoms with Gasteiger partial charge in [0.25, 0.3) is 0 Å². The molecule has 3 nitrogen and oxygen atoms in total. The van der Waals surface area contributed by atoms with Gasteiger partial charge in [0.15, 0.2) is 11.5 Å². The number of ether oxygens (including phenoxy) is 2. The first-order chi connectivity index (χ1) is 7.15. The SMILES string of the molecule is CNCc1cc(OC)c(OC)c(Br)c1F. The highest BCUT2D eigenvalue weighted by Gasteiger charge is 2.17. The van der Waals surface area contributed by atoms with E-state index in [1.54, 1.807) is 13.1 Å². The monoisotopic (exact) mass is 277 g/mol. The van der Waals surface area contributed by atoms with Gasteiger partial charge >= 0.3 is 0 Å². The number of halogens is 2. The fraction of sp³-hybridized carbons (Fsp3) is 0.400. The molecule has 15 heavy (non-hydrogen) atoms. The summed E-state index contributed by atoms with van der Waals surface area (Å²) in [5.41, 5.74) is 0.530. The van der Waals surface area contributed by atoms with Crippen molar-refractivity contribution < 1.29 is 13.9 Å². The van der Waals surface area contributed by atoms with Crippen molar-refractivity contribution in [3.05, 3.63) is 21.9 Å². The van der Waals surface area contributed by atoms with Gasteiger partial charge in [-0.25, -0.2) is 4.39 Å². The van der Waals surface area contributed by atoms with E-state index in [4.69, 9.17) is 9.47 Å². The van der Waals surface area contributed by atoms with Crippen LogP contribution in [0.1, 0.15) is 5.56 Å². The Balaban J connectivity index is 3.29. The normalized spacial score (nSPS) is 10.2. The number of hydrogen-bond acceptors (Lipinski definition) is 3. The van der Waals surface area contributed by atoms with E-state index in [1.807, 2.05) is 0 Å². The molecule has 5 heteroatoms. The third-order valence-electron chi connectivity index (χ3n) is 1.99. The molecule has 1 aromatic rings. The summed E-state index contributed by atoms with van der Waals surface area (Å²) in [4.78, 5) is 0. The fourth-order valence-electron chi connectivity index (χ4n) is 1.30. The van der Waals surface area contributed by atoms with Crippen molar-refractivity contribution in [2.24, 2.45) is 0 Å². The topological polar surface area (TPSA) is 30.5 Å². The smallest absolute Gasteiger partial charge is 0.177 e. The van der Waals surface area contributed by atoms with Crippen LogP contribution in [0.25, 0.3) is 0 Å². The lowest BCUT2D eigenvalue weighted by Gasteiger charge is -2.13. The van der Waals surface area contributed by atoms with Crippen LogP contribution in [0.4, 0.5) is 4.39 Å². The zero-order chi connectivity index (χ0) is 11.4. The fourth-order valence-corrected chi connectivity index (χ4v) is 1.91. The molecule has 0 aliphatic heterocycles. The van der Waals surface area contributed by atoms with Crippen molar-refractivity contribution in [3.8, 4) is 11.5 Å². The van der Waals surface area contributed by atoms with E-state index in [2.05, 4.69) is 21.2 Å². The van der Waals surface area contributed by atoms with Crippen LogP contribution in [0.3, 0.4) is 0 Å². The predicted molar refractivity (Wildman–Crippen MR) is 60.0 cm³/mol. The summed E-state index contributed by atoms with van der Waals surface area (Å²) in [5, 5.41) is 2.88. The van der Waals surface area contributed by atoms with Crippen molar-refractivity contribution in [1.82, 2.24) is 5.32 Å². The Morgan fingerprint density at radius 3 is 2.53 bits per heavy atom. The van der Waals surface area contributed by atoms with Crippen LogP contribution in [-0.2, 0) is 6.54 Å². The molecule has 1 aromatic carbocycles. The number of nitrogens with one attached hydrogen (secondary N) is 1. The molecule has 0 unspecified atom stereocenters. The molecule has 0 atom stereocenters. The predicted octanol–water partition coefficient (Wildman–Crippen LogP) is 2.32. The molecular formula is C10H13BrFNO2. The summed E-state index contributed by atoms with van der Waals surface area (Å²) in [5.74, 6) is 0.549. The lowest BCUT2D eigenvalue weighted by Crippen LogP contribution is -2.08. The minimum absolute atomic E-state index is 0.287. The second-order valence-corrected chi connectivity index (χ2v) is 3.72. The van der Waals surface area contributed by atoms with Crippen molar-refractivity contribution in [1.29, 1.82) is 0 Å². The zero-order valence-corrected chi connectivity index (χ0v) is 10.4.